The van der Waals surface area contributed by atoms with E-state index in [1.807, 2.05) is 31.2 Å². The second-order valence-electron chi connectivity index (χ2n) is 6.41. The molecule has 0 radical (unpaired) electrons. The van der Waals surface area contributed by atoms with Crippen LogP contribution >= 0.6 is 0 Å². The first-order valence-electron chi connectivity index (χ1n) is 7.63. The highest BCUT2D eigenvalue weighted by Crippen LogP contribution is 2.28. The van der Waals surface area contributed by atoms with E-state index in [1.54, 1.807) is 0 Å². The molecule has 110 valence electrons. The number of hydrogen-bond donors (Lipinski definition) is 2. The molecule has 20 heavy (non-hydrogen) atoms. The van der Waals surface area contributed by atoms with Crippen molar-refractivity contribution in [2.24, 2.45) is 11.8 Å². The Morgan fingerprint density at radius 2 is 1.70 bits per heavy atom. The molecule has 0 bridgehead atoms. The molecule has 1 amide bonds. The van der Waals surface area contributed by atoms with Crippen LogP contribution in [0.3, 0.4) is 0 Å². The lowest BCUT2D eigenvalue weighted by molar-refractivity contribution is -0.115. The van der Waals surface area contributed by atoms with E-state index in [1.165, 1.54) is 24.8 Å². The predicted octanol–water partition coefficient (Wildman–Crippen LogP) is 3.35. The van der Waals surface area contributed by atoms with Gasteiger partial charge in [0.15, 0.2) is 0 Å². The van der Waals surface area contributed by atoms with Crippen molar-refractivity contribution in [1.29, 1.82) is 0 Å². The molecule has 0 aromatic heterocycles. The Morgan fingerprint density at radius 1 is 1.10 bits per heavy atom. The topological polar surface area (TPSA) is 41.1 Å². The standard InChI is InChI=1S/C17H26N2O/c1-12-4-6-15(7-5-12)19-17(20)11-18-16-9-13(2)8-14(3)10-16/h4-7,13-14,16,18H,8-11H2,1-3H3,(H,19,20). The Bertz CT molecular complexity index is 431. The van der Waals surface area contributed by atoms with Crippen molar-refractivity contribution >= 4 is 11.6 Å². The van der Waals surface area contributed by atoms with Gasteiger partial charge in [-0.15, -0.1) is 0 Å². The van der Waals surface area contributed by atoms with E-state index in [9.17, 15) is 4.79 Å². The van der Waals surface area contributed by atoms with E-state index in [0.717, 1.165) is 17.5 Å². The molecule has 2 unspecified atom stereocenters. The molecule has 2 rings (SSSR count). The van der Waals surface area contributed by atoms with Crippen LogP contribution in [0, 0.1) is 18.8 Å². The van der Waals surface area contributed by atoms with Crippen LogP contribution in [0.15, 0.2) is 24.3 Å². The highest BCUT2D eigenvalue weighted by Gasteiger charge is 2.23. The third kappa shape index (κ3) is 4.64. The number of aryl methyl sites for hydroxylation is 1. The number of anilines is 1. The van der Waals surface area contributed by atoms with Gasteiger partial charge < -0.3 is 10.6 Å². The van der Waals surface area contributed by atoms with Crippen molar-refractivity contribution in [3.8, 4) is 0 Å². The third-order valence-corrected chi connectivity index (χ3v) is 4.07. The molecule has 0 heterocycles. The fraction of sp³-hybridized carbons (Fsp3) is 0.588. The lowest BCUT2D eigenvalue weighted by Gasteiger charge is -2.31. The average Bonchev–Trinajstić information content (AvgIpc) is 2.38. The summed E-state index contributed by atoms with van der Waals surface area (Å²) in [5.41, 5.74) is 2.07. The van der Waals surface area contributed by atoms with Crippen LogP contribution in [0.5, 0.6) is 0 Å². The van der Waals surface area contributed by atoms with Crippen molar-refractivity contribution in [2.45, 2.75) is 46.1 Å². The number of carbonyl (C=O) groups is 1. The first kappa shape index (κ1) is 15.0. The van der Waals surface area contributed by atoms with Gasteiger partial charge in [0.25, 0.3) is 0 Å². The summed E-state index contributed by atoms with van der Waals surface area (Å²) >= 11 is 0. The van der Waals surface area contributed by atoms with Crippen LogP contribution in [0.25, 0.3) is 0 Å². The second kappa shape index (κ2) is 6.89. The van der Waals surface area contributed by atoms with Crippen LogP contribution in [-0.4, -0.2) is 18.5 Å². The molecule has 3 nitrogen and oxygen atoms in total. The molecule has 0 spiro atoms. The Kier molecular flexibility index (Phi) is 5.18. The van der Waals surface area contributed by atoms with E-state index >= 15 is 0 Å². The molecule has 0 aliphatic heterocycles. The van der Waals surface area contributed by atoms with E-state index in [4.69, 9.17) is 0 Å². The summed E-state index contributed by atoms with van der Waals surface area (Å²) < 4.78 is 0. The molecule has 1 saturated carbocycles. The zero-order valence-corrected chi connectivity index (χ0v) is 12.8. The highest BCUT2D eigenvalue weighted by molar-refractivity contribution is 5.92. The SMILES string of the molecule is Cc1ccc(NC(=O)CNC2CC(C)CC(C)C2)cc1. The highest BCUT2D eigenvalue weighted by atomic mass is 16.1. The molecular weight excluding hydrogens is 248 g/mol. The van der Waals surface area contributed by atoms with Gasteiger partial charge in [-0.25, -0.2) is 0 Å². The largest absolute Gasteiger partial charge is 0.325 e. The van der Waals surface area contributed by atoms with Crippen molar-refractivity contribution < 1.29 is 4.79 Å². The minimum Gasteiger partial charge on any atom is -0.325 e. The van der Waals surface area contributed by atoms with Crippen LogP contribution in [-0.2, 0) is 4.79 Å². The zero-order valence-electron chi connectivity index (χ0n) is 12.8. The number of benzene rings is 1. The predicted molar refractivity (Wildman–Crippen MR) is 83.8 cm³/mol. The average molecular weight is 274 g/mol. The van der Waals surface area contributed by atoms with Gasteiger partial charge in [0.2, 0.25) is 5.91 Å². The van der Waals surface area contributed by atoms with E-state index < -0.39 is 0 Å². The van der Waals surface area contributed by atoms with Gasteiger partial charge in [0.1, 0.15) is 0 Å². The lowest BCUT2D eigenvalue weighted by atomic mass is 9.80. The summed E-state index contributed by atoms with van der Waals surface area (Å²) in [4.78, 5) is 11.9. The van der Waals surface area contributed by atoms with E-state index in [-0.39, 0.29) is 5.91 Å². The molecule has 2 atom stereocenters. The van der Waals surface area contributed by atoms with E-state index in [2.05, 4.69) is 24.5 Å². The number of amides is 1. The van der Waals surface area contributed by atoms with Crippen molar-refractivity contribution in [3.05, 3.63) is 29.8 Å². The van der Waals surface area contributed by atoms with E-state index in [0.29, 0.717) is 12.6 Å². The Balaban J connectivity index is 1.76. The molecule has 0 saturated heterocycles. The molecule has 1 aromatic carbocycles. The van der Waals surface area contributed by atoms with Crippen LogP contribution in [0.1, 0.15) is 38.7 Å². The summed E-state index contributed by atoms with van der Waals surface area (Å²) in [5, 5.41) is 6.33. The van der Waals surface area contributed by atoms with Gasteiger partial charge in [0.05, 0.1) is 6.54 Å². The molecule has 1 aliphatic rings. The molecule has 1 aliphatic carbocycles. The second-order valence-corrected chi connectivity index (χ2v) is 6.41. The van der Waals surface area contributed by atoms with Crippen molar-refractivity contribution in [2.75, 3.05) is 11.9 Å². The maximum absolute atomic E-state index is 11.9. The quantitative estimate of drug-likeness (QED) is 0.884. The van der Waals surface area contributed by atoms with Crippen LogP contribution < -0.4 is 10.6 Å². The number of nitrogens with one attached hydrogen (secondary N) is 2. The Morgan fingerprint density at radius 3 is 2.30 bits per heavy atom. The van der Waals surface area contributed by atoms with Crippen LogP contribution in [0.4, 0.5) is 5.69 Å². The molecule has 2 N–H and O–H groups in total. The van der Waals surface area contributed by atoms with Gasteiger partial charge in [-0.1, -0.05) is 31.5 Å². The summed E-state index contributed by atoms with van der Waals surface area (Å²) in [6.45, 7) is 7.05. The summed E-state index contributed by atoms with van der Waals surface area (Å²) in [6.07, 6.45) is 3.68. The maximum Gasteiger partial charge on any atom is 0.238 e. The van der Waals surface area contributed by atoms with Gasteiger partial charge in [-0.3, -0.25) is 4.79 Å². The third-order valence-electron chi connectivity index (χ3n) is 4.07. The maximum atomic E-state index is 11.9. The Labute approximate surface area is 122 Å². The monoisotopic (exact) mass is 274 g/mol. The minimum atomic E-state index is 0.0414. The summed E-state index contributed by atoms with van der Waals surface area (Å²) in [6, 6.07) is 8.38. The fourth-order valence-corrected chi connectivity index (χ4v) is 3.19. The summed E-state index contributed by atoms with van der Waals surface area (Å²) in [7, 11) is 0. The van der Waals surface area contributed by atoms with Crippen LogP contribution in [0.2, 0.25) is 0 Å². The zero-order chi connectivity index (χ0) is 14.5. The molecular formula is C17H26N2O. The molecule has 1 aromatic rings. The first-order valence-corrected chi connectivity index (χ1v) is 7.63. The number of carbonyl (C=O) groups excluding carboxylic acids is 1. The smallest absolute Gasteiger partial charge is 0.238 e. The lowest BCUT2D eigenvalue weighted by Crippen LogP contribution is -2.40. The van der Waals surface area contributed by atoms with Crippen molar-refractivity contribution in [3.63, 3.8) is 0 Å². The van der Waals surface area contributed by atoms with Crippen molar-refractivity contribution in [1.82, 2.24) is 5.32 Å². The molecule has 1 fully saturated rings. The minimum absolute atomic E-state index is 0.0414. The van der Waals surface area contributed by atoms with Gasteiger partial charge in [-0.05, 0) is 50.2 Å². The normalized spacial score (nSPS) is 26.2. The Hall–Kier alpha value is -1.35. The number of rotatable bonds is 4. The fourth-order valence-electron chi connectivity index (χ4n) is 3.19. The van der Waals surface area contributed by atoms with Gasteiger partial charge in [-0.2, -0.15) is 0 Å². The first-order chi connectivity index (χ1) is 9.52. The summed E-state index contributed by atoms with van der Waals surface area (Å²) in [5.74, 6) is 1.56. The van der Waals surface area contributed by atoms with Gasteiger partial charge >= 0.3 is 0 Å². The van der Waals surface area contributed by atoms with Gasteiger partial charge in [0, 0.05) is 11.7 Å². The number of hydrogen-bond acceptors (Lipinski definition) is 2. The molecule has 3 heteroatoms.